The number of hydrogen-bond donors (Lipinski definition) is 3. The number of phenolic OH excluding ortho intramolecular Hbond substituents is 1. The quantitative estimate of drug-likeness (QED) is 0.569. The third-order valence-electron chi connectivity index (χ3n) is 2.47. The van der Waals surface area contributed by atoms with Gasteiger partial charge in [0, 0.05) is 11.6 Å². The number of furan rings is 1. The molecule has 0 saturated heterocycles. The zero-order valence-corrected chi connectivity index (χ0v) is 10.4. The normalized spacial score (nSPS) is 9.90. The van der Waals surface area contributed by atoms with Gasteiger partial charge < -0.3 is 9.52 Å². The molecule has 9 nitrogen and oxygen atoms in total. The van der Waals surface area contributed by atoms with Gasteiger partial charge >= 0.3 is 11.6 Å². The maximum Gasteiger partial charge on any atom is 0.311 e. The molecule has 0 aliphatic rings. The standard InChI is InChI=1S/C12H9N3O6/c16-9-4-3-7(6-8(9)15(19)20)11(17)13-14-12(18)10-2-1-5-21-10/h1-6,16H,(H,13,17)(H,14,18). The molecule has 3 N–H and O–H groups in total. The first-order valence-corrected chi connectivity index (χ1v) is 5.60. The van der Waals surface area contributed by atoms with Crippen molar-refractivity contribution >= 4 is 17.5 Å². The highest BCUT2D eigenvalue weighted by atomic mass is 16.6. The summed E-state index contributed by atoms with van der Waals surface area (Å²) in [5.74, 6) is -2.03. The van der Waals surface area contributed by atoms with Crippen LogP contribution in [-0.4, -0.2) is 21.8 Å². The van der Waals surface area contributed by atoms with Gasteiger partial charge in [-0.05, 0) is 24.3 Å². The number of hydrazine groups is 1. The topological polar surface area (TPSA) is 135 Å². The van der Waals surface area contributed by atoms with Crippen molar-refractivity contribution in [2.24, 2.45) is 0 Å². The molecule has 0 unspecified atom stereocenters. The van der Waals surface area contributed by atoms with Crippen molar-refractivity contribution in [3.63, 3.8) is 0 Å². The SMILES string of the molecule is O=C(NNC(=O)c1ccco1)c1ccc(O)c([N+](=O)[O-])c1. The number of nitrogens with one attached hydrogen (secondary N) is 2. The number of nitro groups is 1. The van der Waals surface area contributed by atoms with Crippen molar-refractivity contribution in [3.05, 3.63) is 58.0 Å². The molecule has 0 saturated carbocycles. The van der Waals surface area contributed by atoms with Crippen LogP contribution in [0.2, 0.25) is 0 Å². The number of rotatable bonds is 3. The van der Waals surface area contributed by atoms with E-state index in [1.165, 1.54) is 24.5 Å². The van der Waals surface area contributed by atoms with Gasteiger partial charge in [-0.3, -0.25) is 30.6 Å². The Bertz CT molecular complexity index is 695. The van der Waals surface area contributed by atoms with E-state index in [2.05, 4.69) is 10.9 Å². The Hall–Kier alpha value is -3.36. The smallest absolute Gasteiger partial charge is 0.311 e. The number of benzene rings is 1. The van der Waals surface area contributed by atoms with Crippen LogP contribution in [-0.2, 0) is 0 Å². The van der Waals surface area contributed by atoms with Gasteiger partial charge in [-0.15, -0.1) is 0 Å². The Kier molecular flexibility index (Phi) is 3.84. The maximum absolute atomic E-state index is 11.7. The molecule has 0 atom stereocenters. The molecule has 0 spiro atoms. The first-order valence-electron chi connectivity index (χ1n) is 5.60. The summed E-state index contributed by atoms with van der Waals surface area (Å²) in [6, 6.07) is 5.98. The molecule has 0 fully saturated rings. The third kappa shape index (κ3) is 3.15. The third-order valence-corrected chi connectivity index (χ3v) is 2.47. The molecule has 0 bridgehead atoms. The van der Waals surface area contributed by atoms with Crippen molar-refractivity contribution < 1.29 is 24.0 Å². The summed E-state index contributed by atoms with van der Waals surface area (Å²) in [6.07, 6.45) is 1.29. The first-order chi connectivity index (χ1) is 9.99. The summed E-state index contributed by atoms with van der Waals surface area (Å²) in [7, 11) is 0. The lowest BCUT2D eigenvalue weighted by atomic mass is 10.2. The molecular formula is C12H9N3O6. The Labute approximate surface area is 117 Å². The van der Waals surface area contributed by atoms with Gasteiger partial charge in [0.25, 0.3) is 5.91 Å². The number of aromatic hydroxyl groups is 1. The van der Waals surface area contributed by atoms with Crippen LogP contribution in [0.1, 0.15) is 20.9 Å². The minimum Gasteiger partial charge on any atom is -0.502 e. The Morgan fingerprint density at radius 3 is 2.52 bits per heavy atom. The largest absolute Gasteiger partial charge is 0.502 e. The highest BCUT2D eigenvalue weighted by Crippen LogP contribution is 2.26. The molecular weight excluding hydrogens is 282 g/mol. The van der Waals surface area contributed by atoms with Crippen LogP contribution in [0.4, 0.5) is 5.69 Å². The Balaban J connectivity index is 2.05. The summed E-state index contributed by atoms with van der Waals surface area (Å²) < 4.78 is 4.81. The van der Waals surface area contributed by atoms with Gasteiger partial charge in [-0.25, -0.2) is 0 Å². The fourth-order valence-electron chi connectivity index (χ4n) is 1.47. The number of carbonyl (C=O) groups excluding carboxylic acids is 2. The maximum atomic E-state index is 11.7. The van der Waals surface area contributed by atoms with E-state index in [1.807, 2.05) is 0 Å². The Morgan fingerprint density at radius 2 is 1.90 bits per heavy atom. The lowest BCUT2D eigenvalue weighted by Crippen LogP contribution is -2.41. The van der Waals surface area contributed by atoms with E-state index in [-0.39, 0.29) is 11.3 Å². The molecule has 1 aromatic heterocycles. The Morgan fingerprint density at radius 1 is 1.19 bits per heavy atom. The number of nitro benzene ring substituents is 1. The monoisotopic (exact) mass is 291 g/mol. The summed E-state index contributed by atoms with van der Waals surface area (Å²) >= 11 is 0. The molecule has 0 aliphatic heterocycles. The van der Waals surface area contributed by atoms with Crippen LogP contribution < -0.4 is 10.9 Å². The molecule has 0 aliphatic carbocycles. The minimum atomic E-state index is -0.826. The van der Waals surface area contributed by atoms with Crippen LogP contribution in [0.5, 0.6) is 5.75 Å². The van der Waals surface area contributed by atoms with E-state index in [1.54, 1.807) is 0 Å². The van der Waals surface area contributed by atoms with Crippen LogP contribution in [0.15, 0.2) is 41.0 Å². The predicted molar refractivity (Wildman–Crippen MR) is 68.4 cm³/mol. The highest BCUT2D eigenvalue weighted by molar-refractivity contribution is 5.98. The van der Waals surface area contributed by atoms with Gasteiger partial charge in [0.15, 0.2) is 11.5 Å². The van der Waals surface area contributed by atoms with Gasteiger partial charge in [0.05, 0.1) is 11.2 Å². The number of amides is 2. The number of phenols is 1. The van der Waals surface area contributed by atoms with Crippen LogP contribution in [0.3, 0.4) is 0 Å². The van der Waals surface area contributed by atoms with Crippen molar-refractivity contribution in [1.29, 1.82) is 0 Å². The van der Waals surface area contributed by atoms with Crippen LogP contribution in [0, 0.1) is 10.1 Å². The summed E-state index contributed by atoms with van der Waals surface area (Å²) in [6.45, 7) is 0. The summed E-state index contributed by atoms with van der Waals surface area (Å²) in [5.41, 5.74) is 3.44. The molecule has 0 radical (unpaired) electrons. The van der Waals surface area contributed by atoms with Gasteiger partial charge in [0.2, 0.25) is 0 Å². The summed E-state index contributed by atoms with van der Waals surface area (Å²) in [4.78, 5) is 33.1. The van der Waals surface area contributed by atoms with Gasteiger partial charge in [0.1, 0.15) is 0 Å². The second-order valence-corrected chi connectivity index (χ2v) is 3.85. The van der Waals surface area contributed by atoms with Gasteiger partial charge in [-0.1, -0.05) is 0 Å². The average molecular weight is 291 g/mol. The molecule has 21 heavy (non-hydrogen) atoms. The van der Waals surface area contributed by atoms with E-state index >= 15 is 0 Å². The highest BCUT2D eigenvalue weighted by Gasteiger charge is 2.17. The zero-order chi connectivity index (χ0) is 15.4. The molecule has 9 heteroatoms. The van der Waals surface area contributed by atoms with Crippen LogP contribution >= 0.6 is 0 Å². The molecule has 1 heterocycles. The number of hydrogen-bond acceptors (Lipinski definition) is 6. The molecule has 2 aromatic rings. The average Bonchev–Trinajstić information content (AvgIpc) is 2.98. The second kappa shape index (κ2) is 5.74. The van der Waals surface area contributed by atoms with Crippen molar-refractivity contribution in [2.75, 3.05) is 0 Å². The van der Waals surface area contributed by atoms with Crippen LogP contribution in [0.25, 0.3) is 0 Å². The molecule has 2 rings (SSSR count). The number of nitrogens with zero attached hydrogens (tertiary/aromatic N) is 1. The van der Waals surface area contributed by atoms with Crippen molar-refractivity contribution in [1.82, 2.24) is 10.9 Å². The molecule has 2 amide bonds. The van der Waals surface area contributed by atoms with E-state index in [9.17, 15) is 24.8 Å². The first kappa shape index (κ1) is 14.1. The van der Waals surface area contributed by atoms with Gasteiger partial charge in [-0.2, -0.15) is 0 Å². The fraction of sp³-hybridized carbons (Fsp3) is 0. The lowest BCUT2D eigenvalue weighted by Gasteiger charge is -2.06. The molecule has 108 valence electrons. The molecule has 1 aromatic carbocycles. The van der Waals surface area contributed by atoms with E-state index in [0.717, 1.165) is 12.1 Å². The van der Waals surface area contributed by atoms with E-state index < -0.39 is 28.2 Å². The minimum absolute atomic E-state index is 0.00742. The zero-order valence-electron chi connectivity index (χ0n) is 10.4. The number of carbonyl (C=O) groups is 2. The second-order valence-electron chi connectivity index (χ2n) is 3.85. The lowest BCUT2D eigenvalue weighted by molar-refractivity contribution is -0.385. The fourth-order valence-corrected chi connectivity index (χ4v) is 1.47. The van der Waals surface area contributed by atoms with E-state index in [0.29, 0.717) is 0 Å². The van der Waals surface area contributed by atoms with Crippen molar-refractivity contribution in [2.45, 2.75) is 0 Å². The van der Waals surface area contributed by atoms with E-state index in [4.69, 9.17) is 4.42 Å². The van der Waals surface area contributed by atoms with Crippen molar-refractivity contribution in [3.8, 4) is 5.75 Å². The predicted octanol–water partition coefficient (Wildman–Crippen LogP) is 0.968. The summed E-state index contributed by atoms with van der Waals surface area (Å²) in [5, 5.41) is 19.9.